The Kier molecular flexibility index (Phi) is 6.96. The highest BCUT2D eigenvalue weighted by molar-refractivity contribution is 5.84. The average Bonchev–Trinajstić information content (AvgIpc) is 2.51. The quantitative estimate of drug-likeness (QED) is 0.776. The number of aryl methyl sites for hydroxylation is 1. The molecule has 1 aromatic carbocycles. The molecule has 0 aromatic heterocycles. The van der Waals surface area contributed by atoms with Crippen LogP contribution in [0, 0.1) is 17.2 Å². The van der Waals surface area contributed by atoms with Crippen molar-refractivity contribution in [3.63, 3.8) is 0 Å². The number of methoxy groups -OCH3 is 1. The molecule has 0 radical (unpaired) electrons. The summed E-state index contributed by atoms with van der Waals surface area (Å²) in [6.07, 6.45) is 1.07. The van der Waals surface area contributed by atoms with E-state index in [-0.39, 0.29) is 24.7 Å². The number of hydrogen-bond acceptors (Lipinski definition) is 4. The van der Waals surface area contributed by atoms with Crippen molar-refractivity contribution in [1.82, 2.24) is 5.32 Å². The maximum atomic E-state index is 12.0. The molecule has 0 heterocycles. The largest absolute Gasteiger partial charge is 0.467 e. The minimum atomic E-state index is -0.780. The maximum absolute atomic E-state index is 12.0. The van der Waals surface area contributed by atoms with Crippen LogP contribution in [0.15, 0.2) is 30.3 Å². The highest BCUT2D eigenvalue weighted by atomic mass is 16.5. The molecule has 0 saturated heterocycles. The van der Waals surface area contributed by atoms with Crippen LogP contribution in [0.25, 0.3) is 0 Å². The van der Waals surface area contributed by atoms with Gasteiger partial charge in [-0.3, -0.25) is 4.79 Å². The lowest BCUT2D eigenvalue weighted by Crippen LogP contribution is -2.45. The summed E-state index contributed by atoms with van der Waals surface area (Å²) < 4.78 is 4.68. The number of ether oxygens (including phenoxy) is 1. The van der Waals surface area contributed by atoms with Crippen LogP contribution in [-0.2, 0) is 20.7 Å². The summed E-state index contributed by atoms with van der Waals surface area (Å²) >= 11 is 0. The van der Waals surface area contributed by atoms with E-state index in [0.29, 0.717) is 6.42 Å². The number of nitrogens with zero attached hydrogens (tertiary/aromatic N) is 1. The normalized spacial score (nSPS) is 12.8. The third kappa shape index (κ3) is 5.65. The van der Waals surface area contributed by atoms with E-state index in [4.69, 9.17) is 5.26 Å². The number of nitrogens with one attached hydrogen (secondary N) is 1. The summed E-state index contributed by atoms with van der Waals surface area (Å²) in [5.74, 6) is -1.03. The Bertz CT molecular complexity index is 508. The minimum Gasteiger partial charge on any atom is -0.467 e. The Morgan fingerprint density at radius 1 is 1.33 bits per heavy atom. The number of carbonyl (C=O) groups is 2. The van der Waals surface area contributed by atoms with Gasteiger partial charge in [-0.25, -0.2) is 4.79 Å². The lowest BCUT2D eigenvalue weighted by atomic mass is 9.98. The third-order valence-electron chi connectivity index (χ3n) is 3.24. The smallest absolute Gasteiger partial charge is 0.328 e. The van der Waals surface area contributed by atoms with Crippen molar-refractivity contribution in [2.75, 3.05) is 7.11 Å². The highest BCUT2D eigenvalue weighted by Gasteiger charge is 2.27. The van der Waals surface area contributed by atoms with E-state index >= 15 is 0 Å². The molecule has 0 spiro atoms. The zero-order valence-corrected chi connectivity index (χ0v) is 12.3. The number of rotatable bonds is 7. The number of carbonyl (C=O) groups excluding carboxylic acids is 2. The summed E-state index contributed by atoms with van der Waals surface area (Å²) in [6.45, 7) is 1.74. The van der Waals surface area contributed by atoms with Crippen molar-refractivity contribution < 1.29 is 14.3 Å². The molecule has 0 saturated carbocycles. The molecule has 2 atom stereocenters. The standard InChI is InChI=1S/C16H20N2O3/c1-12(10-11-17)15(16(20)21-2)18-14(19)9-8-13-6-4-3-5-7-13/h3-7,12,15H,8-10H2,1-2H3,(H,18,19)/t12-,15+/m1/s1. The summed E-state index contributed by atoms with van der Waals surface area (Å²) in [7, 11) is 1.27. The van der Waals surface area contributed by atoms with Gasteiger partial charge in [0.1, 0.15) is 6.04 Å². The lowest BCUT2D eigenvalue weighted by Gasteiger charge is -2.21. The van der Waals surface area contributed by atoms with E-state index in [1.807, 2.05) is 36.4 Å². The van der Waals surface area contributed by atoms with Gasteiger partial charge in [-0.1, -0.05) is 37.3 Å². The highest BCUT2D eigenvalue weighted by Crippen LogP contribution is 2.10. The lowest BCUT2D eigenvalue weighted by molar-refractivity contribution is -0.146. The monoisotopic (exact) mass is 288 g/mol. The van der Waals surface area contributed by atoms with E-state index < -0.39 is 12.0 Å². The second-order valence-corrected chi connectivity index (χ2v) is 4.89. The van der Waals surface area contributed by atoms with Crippen molar-refractivity contribution in [1.29, 1.82) is 5.26 Å². The van der Waals surface area contributed by atoms with Gasteiger partial charge in [0.15, 0.2) is 0 Å². The van der Waals surface area contributed by atoms with Crippen LogP contribution in [0.3, 0.4) is 0 Å². The molecule has 0 unspecified atom stereocenters. The van der Waals surface area contributed by atoms with Gasteiger partial charge in [0.25, 0.3) is 0 Å². The number of amides is 1. The van der Waals surface area contributed by atoms with E-state index in [2.05, 4.69) is 10.1 Å². The van der Waals surface area contributed by atoms with Crippen LogP contribution >= 0.6 is 0 Å². The van der Waals surface area contributed by atoms with Crippen molar-refractivity contribution >= 4 is 11.9 Å². The Hall–Kier alpha value is -2.35. The maximum Gasteiger partial charge on any atom is 0.328 e. The van der Waals surface area contributed by atoms with Crippen LogP contribution in [-0.4, -0.2) is 25.0 Å². The topological polar surface area (TPSA) is 79.2 Å². The number of hydrogen-bond donors (Lipinski definition) is 1. The van der Waals surface area contributed by atoms with E-state index in [0.717, 1.165) is 5.56 Å². The molecule has 5 nitrogen and oxygen atoms in total. The molecule has 21 heavy (non-hydrogen) atoms. The molecular weight excluding hydrogens is 268 g/mol. The molecule has 1 N–H and O–H groups in total. The fraction of sp³-hybridized carbons (Fsp3) is 0.438. The molecule has 5 heteroatoms. The summed E-state index contributed by atoms with van der Waals surface area (Å²) in [5, 5.41) is 11.4. The van der Waals surface area contributed by atoms with E-state index in [9.17, 15) is 9.59 Å². The first-order valence-corrected chi connectivity index (χ1v) is 6.86. The fourth-order valence-corrected chi connectivity index (χ4v) is 1.97. The number of esters is 1. The van der Waals surface area contributed by atoms with Gasteiger partial charge < -0.3 is 10.1 Å². The molecule has 1 amide bonds. The molecule has 0 aliphatic carbocycles. The molecule has 112 valence electrons. The summed E-state index contributed by atoms with van der Waals surface area (Å²) in [5.41, 5.74) is 1.06. The average molecular weight is 288 g/mol. The van der Waals surface area contributed by atoms with Gasteiger partial charge in [0.05, 0.1) is 13.2 Å². The zero-order valence-electron chi connectivity index (χ0n) is 12.3. The molecule has 0 aliphatic rings. The second kappa shape index (κ2) is 8.75. The minimum absolute atomic E-state index is 0.179. The second-order valence-electron chi connectivity index (χ2n) is 4.89. The zero-order chi connectivity index (χ0) is 15.7. The molecular formula is C16H20N2O3. The predicted molar refractivity (Wildman–Crippen MR) is 78.1 cm³/mol. The Morgan fingerprint density at radius 2 is 2.00 bits per heavy atom. The van der Waals surface area contributed by atoms with Gasteiger partial charge in [-0.05, 0) is 12.0 Å². The van der Waals surface area contributed by atoms with Crippen LogP contribution in [0.2, 0.25) is 0 Å². The summed E-state index contributed by atoms with van der Waals surface area (Å²) in [4.78, 5) is 23.6. The first-order valence-electron chi connectivity index (χ1n) is 6.86. The number of nitriles is 1. The SMILES string of the molecule is COC(=O)[C@@H](NC(=O)CCc1ccccc1)[C@H](C)CC#N. The van der Waals surface area contributed by atoms with E-state index in [1.54, 1.807) is 6.92 Å². The Morgan fingerprint density at radius 3 is 2.57 bits per heavy atom. The molecule has 1 aromatic rings. The Labute approximate surface area is 124 Å². The van der Waals surface area contributed by atoms with Crippen LogP contribution in [0.1, 0.15) is 25.3 Å². The molecule has 0 fully saturated rings. The number of benzene rings is 1. The van der Waals surface area contributed by atoms with Crippen LogP contribution in [0.4, 0.5) is 0 Å². The predicted octanol–water partition coefficient (Wildman–Crippen LogP) is 1.83. The third-order valence-corrected chi connectivity index (χ3v) is 3.24. The van der Waals surface area contributed by atoms with Gasteiger partial charge in [0.2, 0.25) is 5.91 Å². The van der Waals surface area contributed by atoms with Crippen molar-refractivity contribution in [3.05, 3.63) is 35.9 Å². The first-order chi connectivity index (χ1) is 10.1. The van der Waals surface area contributed by atoms with Gasteiger partial charge in [-0.15, -0.1) is 0 Å². The Balaban J connectivity index is 2.56. The molecule has 0 bridgehead atoms. The van der Waals surface area contributed by atoms with Gasteiger partial charge in [-0.2, -0.15) is 5.26 Å². The van der Waals surface area contributed by atoms with Crippen molar-refractivity contribution in [3.8, 4) is 6.07 Å². The molecule has 1 rings (SSSR count). The fourth-order valence-electron chi connectivity index (χ4n) is 1.97. The van der Waals surface area contributed by atoms with Gasteiger partial charge in [0, 0.05) is 18.8 Å². The first kappa shape index (κ1) is 16.7. The van der Waals surface area contributed by atoms with Crippen molar-refractivity contribution in [2.24, 2.45) is 5.92 Å². The van der Waals surface area contributed by atoms with Crippen molar-refractivity contribution in [2.45, 2.75) is 32.2 Å². The van der Waals surface area contributed by atoms with E-state index in [1.165, 1.54) is 7.11 Å². The molecule has 0 aliphatic heterocycles. The van der Waals surface area contributed by atoms with Crippen LogP contribution < -0.4 is 5.32 Å². The van der Waals surface area contributed by atoms with Gasteiger partial charge >= 0.3 is 5.97 Å². The summed E-state index contributed by atoms with van der Waals surface area (Å²) in [6, 6.07) is 10.9. The van der Waals surface area contributed by atoms with Crippen LogP contribution in [0.5, 0.6) is 0 Å².